The lowest BCUT2D eigenvalue weighted by Crippen LogP contribution is -2.59. The van der Waals surface area contributed by atoms with E-state index in [1.54, 1.807) is 9.58 Å². The quantitative estimate of drug-likeness (QED) is 0.473. The molecule has 1 atom stereocenters. The summed E-state index contributed by atoms with van der Waals surface area (Å²) in [7, 11) is 0. The minimum absolute atomic E-state index is 0.0437. The number of rotatable bonds is 8. The van der Waals surface area contributed by atoms with E-state index < -0.39 is 17.2 Å². The number of ether oxygens (including phenoxy) is 1. The largest absolute Gasteiger partial charge is 0.507 e. The van der Waals surface area contributed by atoms with Crippen LogP contribution in [0.4, 0.5) is 4.39 Å². The molecule has 2 aromatic carbocycles. The molecule has 1 saturated heterocycles. The Morgan fingerprint density at radius 2 is 1.97 bits per heavy atom. The van der Waals surface area contributed by atoms with Gasteiger partial charge in [-0.25, -0.2) is 4.39 Å². The average Bonchev–Trinajstić information content (AvgIpc) is 3.40. The SMILES string of the molecule is CCCN1[C@@H]2CCCN2C(=O)c2c(OCc3ccccc3)c(=O)c(C(=O)NCc3ccc(F)cc3O)cn21. The van der Waals surface area contributed by atoms with Crippen molar-refractivity contribution in [2.75, 3.05) is 18.1 Å². The van der Waals surface area contributed by atoms with Crippen molar-refractivity contribution in [1.29, 1.82) is 0 Å². The number of phenolic OH excluding ortho intramolecular Hbond substituents is 1. The minimum Gasteiger partial charge on any atom is -0.507 e. The molecule has 2 aliphatic heterocycles. The van der Waals surface area contributed by atoms with E-state index in [0.717, 1.165) is 30.9 Å². The third kappa shape index (κ3) is 4.69. The van der Waals surface area contributed by atoms with Crippen LogP contribution in [-0.4, -0.2) is 45.8 Å². The number of pyridine rings is 1. The second kappa shape index (κ2) is 10.6. The Balaban J connectivity index is 1.55. The van der Waals surface area contributed by atoms with Gasteiger partial charge in [0.05, 0.1) is 0 Å². The van der Waals surface area contributed by atoms with Crippen LogP contribution >= 0.6 is 0 Å². The first-order valence-corrected chi connectivity index (χ1v) is 12.7. The summed E-state index contributed by atoms with van der Waals surface area (Å²) >= 11 is 0. The van der Waals surface area contributed by atoms with Gasteiger partial charge in [-0.05, 0) is 30.9 Å². The number of carbonyl (C=O) groups excluding carboxylic acids is 2. The maximum Gasteiger partial charge on any atom is 0.278 e. The summed E-state index contributed by atoms with van der Waals surface area (Å²) in [5, 5.41) is 14.6. The molecule has 2 amide bonds. The lowest BCUT2D eigenvalue weighted by atomic mass is 10.1. The molecular formula is C28H29FN4O5. The van der Waals surface area contributed by atoms with Gasteiger partial charge in [-0.1, -0.05) is 43.3 Å². The number of aromatic nitrogens is 1. The van der Waals surface area contributed by atoms with Gasteiger partial charge in [0.15, 0.2) is 11.4 Å². The first kappa shape index (κ1) is 25.3. The van der Waals surface area contributed by atoms with E-state index in [1.165, 1.54) is 18.3 Å². The lowest BCUT2D eigenvalue weighted by Gasteiger charge is -2.43. The van der Waals surface area contributed by atoms with Crippen LogP contribution in [0, 0.1) is 5.82 Å². The molecule has 0 unspecified atom stereocenters. The molecule has 5 rings (SSSR count). The summed E-state index contributed by atoms with van der Waals surface area (Å²) in [6, 6.07) is 12.7. The van der Waals surface area contributed by atoms with Gasteiger partial charge in [0.2, 0.25) is 5.43 Å². The maximum absolute atomic E-state index is 13.6. The van der Waals surface area contributed by atoms with E-state index in [1.807, 2.05) is 42.3 Å². The Kier molecular flexibility index (Phi) is 7.04. The molecule has 0 spiro atoms. The standard InChI is InChI=1S/C28H29FN4O5/c1-2-12-32-23-9-6-13-31(23)28(37)24-26(38-17-18-7-4-3-5-8-18)25(35)21(16-33(24)32)27(36)30-15-19-10-11-20(29)14-22(19)34/h3-5,7-8,10-11,14,16,23,34H,2,6,9,12-13,15,17H2,1H3,(H,30,36)/t23-/m1/s1. The predicted octanol–water partition coefficient (Wildman–Crippen LogP) is 3.13. The first-order valence-electron chi connectivity index (χ1n) is 12.7. The number of nitrogens with one attached hydrogen (secondary N) is 1. The first-order chi connectivity index (χ1) is 18.4. The number of carbonyl (C=O) groups is 2. The van der Waals surface area contributed by atoms with Gasteiger partial charge in [-0.15, -0.1) is 0 Å². The fourth-order valence-electron chi connectivity index (χ4n) is 5.02. The summed E-state index contributed by atoms with van der Waals surface area (Å²) < 4.78 is 20.9. The molecule has 1 aromatic heterocycles. The highest BCUT2D eigenvalue weighted by Crippen LogP contribution is 2.31. The van der Waals surface area contributed by atoms with Crippen LogP contribution in [0.2, 0.25) is 0 Å². The highest BCUT2D eigenvalue weighted by Gasteiger charge is 2.43. The number of benzene rings is 2. The molecule has 3 aromatic rings. The molecule has 198 valence electrons. The van der Waals surface area contributed by atoms with Crippen LogP contribution in [0.3, 0.4) is 0 Å². The Bertz CT molecular complexity index is 1420. The predicted molar refractivity (Wildman–Crippen MR) is 138 cm³/mol. The third-order valence-corrected chi connectivity index (χ3v) is 6.86. The molecule has 0 bridgehead atoms. The van der Waals surface area contributed by atoms with E-state index in [4.69, 9.17) is 4.74 Å². The van der Waals surface area contributed by atoms with Crippen LogP contribution in [0.1, 0.15) is 58.2 Å². The number of nitrogens with zero attached hydrogens (tertiary/aromatic N) is 3. The Labute approximate surface area is 219 Å². The summed E-state index contributed by atoms with van der Waals surface area (Å²) in [5.74, 6) is -2.09. The minimum atomic E-state index is -0.699. The zero-order chi connectivity index (χ0) is 26.8. The maximum atomic E-state index is 13.6. The van der Waals surface area contributed by atoms with Crippen molar-refractivity contribution in [3.8, 4) is 11.5 Å². The Morgan fingerprint density at radius 1 is 1.18 bits per heavy atom. The van der Waals surface area contributed by atoms with Crippen molar-refractivity contribution in [2.45, 2.75) is 45.5 Å². The molecular weight excluding hydrogens is 491 g/mol. The van der Waals surface area contributed by atoms with Gasteiger partial charge < -0.3 is 20.1 Å². The van der Waals surface area contributed by atoms with E-state index in [9.17, 15) is 23.9 Å². The molecule has 0 saturated carbocycles. The van der Waals surface area contributed by atoms with Gasteiger partial charge in [-0.2, -0.15) is 0 Å². The monoisotopic (exact) mass is 520 g/mol. The van der Waals surface area contributed by atoms with Gasteiger partial charge in [-0.3, -0.25) is 24.1 Å². The van der Waals surface area contributed by atoms with E-state index in [2.05, 4.69) is 5.32 Å². The smallest absolute Gasteiger partial charge is 0.278 e. The fraction of sp³-hybridized carbons (Fsp3) is 0.321. The van der Waals surface area contributed by atoms with Gasteiger partial charge >= 0.3 is 0 Å². The van der Waals surface area contributed by atoms with Gasteiger partial charge in [0, 0.05) is 37.5 Å². The number of amides is 2. The Hall–Kier alpha value is -4.34. The van der Waals surface area contributed by atoms with Gasteiger partial charge in [0.1, 0.15) is 29.9 Å². The topological polar surface area (TPSA) is 104 Å². The fourth-order valence-corrected chi connectivity index (χ4v) is 5.02. The van der Waals surface area contributed by atoms with Crippen molar-refractivity contribution < 1.29 is 23.8 Å². The van der Waals surface area contributed by atoms with Crippen molar-refractivity contribution in [3.63, 3.8) is 0 Å². The highest BCUT2D eigenvalue weighted by atomic mass is 19.1. The zero-order valence-corrected chi connectivity index (χ0v) is 21.0. The van der Waals surface area contributed by atoms with Crippen molar-refractivity contribution in [1.82, 2.24) is 14.9 Å². The van der Waals surface area contributed by atoms with Crippen molar-refractivity contribution in [3.05, 3.63) is 93.2 Å². The highest BCUT2D eigenvalue weighted by molar-refractivity contribution is 5.99. The number of fused-ring (bicyclic) bond motifs is 2. The average molecular weight is 521 g/mol. The molecule has 38 heavy (non-hydrogen) atoms. The molecule has 1 fully saturated rings. The molecule has 2 N–H and O–H groups in total. The molecule has 0 aliphatic carbocycles. The van der Waals surface area contributed by atoms with Crippen LogP contribution in [-0.2, 0) is 13.2 Å². The number of hydrogen-bond donors (Lipinski definition) is 2. The summed E-state index contributed by atoms with van der Waals surface area (Å²) in [6.07, 6.45) is 3.63. The van der Waals surface area contributed by atoms with Gasteiger partial charge in [0.25, 0.3) is 11.8 Å². The lowest BCUT2D eigenvalue weighted by molar-refractivity contribution is 0.0640. The molecule has 0 radical (unpaired) electrons. The zero-order valence-electron chi connectivity index (χ0n) is 21.0. The molecule has 3 heterocycles. The normalized spacial score (nSPS) is 16.3. The van der Waals surface area contributed by atoms with E-state index in [-0.39, 0.29) is 48.0 Å². The summed E-state index contributed by atoms with van der Waals surface area (Å²) in [4.78, 5) is 42.2. The second-order valence-electron chi connectivity index (χ2n) is 9.41. The van der Waals surface area contributed by atoms with Crippen molar-refractivity contribution in [2.24, 2.45) is 0 Å². The number of aromatic hydroxyl groups is 1. The third-order valence-electron chi connectivity index (χ3n) is 6.86. The van der Waals surface area contributed by atoms with Crippen LogP contribution in [0.25, 0.3) is 0 Å². The van der Waals surface area contributed by atoms with Crippen LogP contribution in [0.5, 0.6) is 11.5 Å². The van der Waals surface area contributed by atoms with E-state index >= 15 is 0 Å². The number of hydrogen-bond acceptors (Lipinski definition) is 6. The van der Waals surface area contributed by atoms with E-state index in [0.29, 0.717) is 18.7 Å². The molecule has 9 nitrogen and oxygen atoms in total. The summed E-state index contributed by atoms with van der Waals surface area (Å²) in [5.41, 5.74) is 0.308. The molecule has 10 heteroatoms. The summed E-state index contributed by atoms with van der Waals surface area (Å²) in [6.45, 7) is 3.13. The molecule has 2 aliphatic rings. The van der Waals surface area contributed by atoms with Crippen LogP contribution in [0.15, 0.2) is 59.5 Å². The number of phenols is 1. The van der Waals surface area contributed by atoms with Crippen molar-refractivity contribution >= 4 is 11.8 Å². The second-order valence-corrected chi connectivity index (χ2v) is 9.41. The Morgan fingerprint density at radius 3 is 2.71 bits per heavy atom. The number of halogens is 1. The van der Waals surface area contributed by atoms with Crippen LogP contribution < -0.4 is 20.5 Å².